The molecule has 7 nitrogen and oxygen atoms in total. The smallest absolute Gasteiger partial charge is 0.274 e. The SMILES string of the molecule is O=C(NO)c1ccc(C(=O)N/N=C/c2ccc[nH]2)cc1. The highest BCUT2D eigenvalue weighted by atomic mass is 16.5. The van der Waals surface area contributed by atoms with E-state index in [4.69, 9.17) is 5.21 Å². The van der Waals surface area contributed by atoms with E-state index in [9.17, 15) is 9.59 Å². The molecule has 1 heterocycles. The first-order valence-electron chi connectivity index (χ1n) is 5.72. The summed E-state index contributed by atoms with van der Waals surface area (Å²) in [6.07, 6.45) is 3.22. The van der Waals surface area contributed by atoms with E-state index in [-0.39, 0.29) is 5.56 Å². The van der Waals surface area contributed by atoms with Crippen LogP contribution in [0.4, 0.5) is 0 Å². The molecule has 0 aliphatic carbocycles. The van der Waals surface area contributed by atoms with Crippen LogP contribution in [-0.4, -0.2) is 28.2 Å². The molecular formula is C13H12N4O3. The largest absolute Gasteiger partial charge is 0.360 e. The van der Waals surface area contributed by atoms with E-state index in [2.05, 4.69) is 15.5 Å². The van der Waals surface area contributed by atoms with Gasteiger partial charge in [0.05, 0.1) is 11.9 Å². The molecule has 4 N–H and O–H groups in total. The molecule has 1 aromatic heterocycles. The summed E-state index contributed by atoms with van der Waals surface area (Å²) < 4.78 is 0. The standard InChI is InChI=1S/C13H12N4O3/c18-12(16-15-8-11-2-1-7-14-11)9-3-5-10(6-4-9)13(19)17-20/h1-8,14,20H,(H,16,18)(H,17,19)/b15-8+. The minimum Gasteiger partial charge on any atom is -0.360 e. The molecule has 0 aliphatic rings. The topological polar surface area (TPSA) is 107 Å². The van der Waals surface area contributed by atoms with E-state index in [1.807, 2.05) is 6.07 Å². The Morgan fingerprint density at radius 2 is 1.75 bits per heavy atom. The summed E-state index contributed by atoms with van der Waals surface area (Å²) in [5.74, 6) is -1.04. The third-order valence-electron chi connectivity index (χ3n) is 2.50. The summed E-state index contributed by atoms with van der Waals surface area (Å²) in [6, 6.07) is 9.39. The Balaban J connectivity index is 1.97. The molecule has 0 saturated heterocycles. The van der Waals surface area contributed by atoms with Crippen molar-refractivity contribution in [2.45, 2.75) is 0 Å². The number of hydroxylamine groups is 1. The quantitative estimate of drug-likeness (QED) is 0.377. The number of carbonyl (C=O) groups is 2. The van der Waals surface area contributed by atoms with Gasteiger partial charge in [0.1, 0.15) is 0 Å². The van der Waals surface area contributed by atoms with Gasteiger partial charge in [-0.25, -0.2) is 10.9 Å². The molecule has 2 amide bonds. The number of H-pyrrole nitrogens is 1. The van der Waals surface area contributed by atoms with Gasteiger partial charge in [0.2, 0.25) is 0 Å². The summed E-state index contributed by atoms with van der Waals surface area (Å²) in [7, 11) is 0. The van der Waals surface area contributed by atoms with Crippen LogP contribution < -0.4 is 10.9 Å². The number of nitrogens with zero attached hydrogens (tertiary/aromatic N) is 1. The molecule has 102 valence electrons. The molecule has 0 bridgehead atoms. The van der Waals surface area contributed by atoms with Crippen molar-refractivity contribution in [2.24, 2.45) is 5.10 Å². The zero-order valence-corrected chi connectivity index (χ0v) is 10.3. The van der Waals surface area contributed by atoms with Crippen LogP contribution in [-0.2, 0) is 0 Å². The van der Waals surface area contributed by atoms with Crippen LogP contribution in [0.25, 0.3) is 0 Å². The average molecular weight is 272 g/mol. The Morgan fingerprint density at radius 3 is 2.30 bits per heavy atom. The maximum absolute atomic E-state index is 11.7. The average Bonchev–Trinajstić information content (AvgIpc) is 2.99. The van der Waals surface area contributed by atoms with Crippen molar-refractivity contribution < 1.29 is 14.8 Å². The molecule has 2 rings (SSSR count). The second-order valence-electron chi connectivity index (χ2n) is 3.84. The zero-order chi connectivity index (χ0) is 14.4. The Morgan fingerprint density at radius 1 is 1.10 bits per heavy atom. The minimum absolute atomic E-state index is 0.249. The lowest BCUT2D eigenvalue weighted by Crippen LogP contribution is -2.20. The minimum atomic E-state index is -0.637. The molecule has 20 heavy (non-hydrogen) atoms. The third-order valence-corrected chi connectivity index (χ3v) is 2.50. The Bertz CT molecular complexity index is 618. The number of hydrogen-bond donors (Lipinski definition) is 4. The molecule has 0 spiro atoms. The predicted octanol–water partition coefficient (Wildman–Crippen LogP) is 0.898. The lowest BCUT2D eigenvalue weighted by Gasteiger charge is -2.01. The summed E-state index contributed by atoms with van der Waals surface area (Å²) in [5.41, 5.74) is 5.24. The lowest BCUT2D eigenvalue weighted by atomic mass is 10.1. The van der Waals surface area contributed by atoms with E-state index in [1.54, 1.807) is 12.3 Å². The highest BCUT2D eigenvalue weighted by molar-refractivity contribution is 5.97. The van der Waals surface area contributed by atoms with E-state index in [1.165, 1.54) is 36.0 Å². The normalized spacial score (nSPS) is 10.4. The maximum Gasteiger partial charge on any atom is 0.274 e. The van der Waals surface area contributed by atoms with E-state index >= 15 is 0 Å². The lowest BCUT2D eigenvalue weighted by molar-refractivity contribution is 0.0706. The Labute approximate surface area is 114 Å². The van der Waals surface area contributed by atoms with Gasteiger partial charge in [0, 0.05) is 17.3 Å². The number of nitrogens with one attached hydrogen (secondary N) is 3. The number of amides is 2. The molecule has 0 saturated carbocycles. The monoisotopic (exact) mass is 272 g/mol. The van der Waals surface area contributed by atoms with Gasteiger partial charge in [-0.05, 0) is 36.4 Å². The zero-order valence-electron chi connectivity index (χ0n) is 10.3. The number of benzene rings is 1. The third kappa shape index (κ3) is 3.30. The number of aromatic nitrogens is 1. The van der Waals surface area contributed by atoms with Gasteiger partial charge in [-0.15, -0.1) is 0 Å². The number of rotatable bonds is 4. The van der Waals surface area contributed by atoms with Crippen molar-refractivity contribution in [1.29, 1.82) is 0 Å². The summed E-state index contributed by atoms with van der Waals surface area (Å²) in [6.45, 7) is 0. The van der Waals surface area contributed by atoms with Crippen LogP contribution in [0, 0.1) is 0 Å². The predicted molar refractivity (Wildman–Crippen MR) is 71.5 cm³/mol. The van der Waals surface area contributed by atoms with Gasteiger partial charge in [0.15, 0.2) is 0 Å². The van der Waals surface area contributed by atoms with Crippen molar-refractivity contribution in [3.05, 3.63) is 59.4 Å². The molecular weight excluding hydrogens is 260 g/mol. The van der Waals surface area contributed by atoms with Gasteiger partial charge in [0.25, 0.3) is 11.8 Å². The van der Waals surface area contributed by atoms with Crippen LogP contribution in [0.15, 0.2) is 47.7 Å². The molecule has 7 heteroatoms. The maximum atomic E-state index is 11.7. The second-order valence-corrected chi connectivity index (χ2v) is 3.84. The first-order chi connectivity index (χ1) is 9.70. The summed E-state index contributed by atoms with van der Waals surface area (Å²) in [4.78, 5) is 25.8. The fourth-order valence-corrected chi connectivity index (χ4v) is 1.49. The second kappa shape index (κ2) is 6.30. The number of hydrogen-bond acceptors (Lipinski definition) is 4. The fourth-order valence-electron chi connectivity index (χ4n) is 1.49. The van der Waals surface area contributed by atoms with Crippen LogP contribution in [0.5, 0.6) is 0 Å². The first kappa shape index (κ1) is 13.5. The van der Waals surface area contributed by atoms with Crippen molar-refractivity contribution >= 4 is 18.0 Å². The molecule has 0 fully saturated rings. The van der Waals surface area contributed by atoms with E-state index in [0.717, 1.165) is 5.69 Å². The van der Waals surface area contributed by atoms with Crippen LogP contribution >= 0.6 is 0 Å². The number of carbonyl (C=O) groups excluding carboxylic acids is 2. The fraction of sp³-hybridized carbons (Fsp3) is 0. The van der Waals surface area contributed by atoms with Crippen molar-refractivity contribution in [3.8, 4) is 0 Å². The molecule has 0 atom stereocenters. The van der Waals surface area contributed by atoms with Crippen molar-refractivity contribution in [2.75, 3.05) is 0 Å². The molecule has 0 radical (unpaired) electrons. The van der Waals surface area contributed by atoms with Crippen molar-refractivity contribution in [3.63, 3.8) is 0 Å². The Hall–Kier alpha value is -2.93. The van der Waals surface area contributed by atoms with E-state index < -0.39 is 11.8 Å². The van der Waals surface area contributed by atoms with Crippen LogP contribution in [0.3, 0.4) is 0 Å². The molecule has 0 unspecified atom stereocenters. The van der Waals surface area contributed by atoms with Gasteiger partial charge in [-0.1, -0.05) is 0 Å². The van der Waals surface area contributed by atoms with Gasteiger partial charge in [-0.3, -0.25) is 14.8 Å². The number of hydrazone groups is 1. The number of aromatic amines is 1. The molecule has 0 aliphatic heterocycles. The first-order valence-corrected chi connectivity index (χ1v) is 5.72. The van der Waals surface area contributed by atoms with Gasteiger partial charge >= 0.3 is 0 Å². The highest BCUT2D eigenvalue weighted by Gasteiger charge is 2.07. The summed E-state index contributed by atoms with van der Waals surface area (Å²) in [5, 5.41) is 12.3. The van der Waals surface area contributed by atoms with Crippen LogP contribution in [0.2, 0.25) is 0 Å². The van der Waals surface area contributed by atoms with Crippen LogP contribution in [0.1, 0.15) is 26.4 Å². The van der Waals surface area contributed by atoms with Gasteiger partial charge < -0.3 is 4.98 Å². The highest BCUT2D eigenvalue weighted by Crippen LogP contribution is 2.04. The molecule has 1 aromatic carbocycles. The van der Waals surface area contributed by atoms with Gasteiger partial charge in [-0.2, -0.15) is 5.10 Å². The van der Waals surface area contributed by atoms with Crippen molar-refractivity contribution in [1.82, 2.24) is 15.9 Å². The summed E-state index contributed by atoms with van der Waals surface area (Å²) >= 11 is 0. The molecule has 2 aromatic rings. The Kier molecular flexibility index (Phi) is 4.25. The van der Waals surface area contributed by atoms with E-state index in [0.29, 0.717) is 5.56 Å².